The summed E-state index contributed by atoms with van der Waals surface area (Å²) in [5, 5.41) is 15.9. The van der Waals surface area contributed by atoms with Crippen molar-refractivity contribution in [1.29, 1.82) is 0 Å². The van der Waals surface area contributed by atoms with E-state index >= 15 is 0 Å². The van der Waals surface area contributed by atoms with Gasteiger partial charge in [0.2, 0.25) is 5.91 Å². The van der Waals surface area contributed by atoms with E-state index in [0.29, 0.717) is 19.3 Å². The molecule has 118 valence electrons. The van der Waals surface area contributed by atoms with E-state index in [9.17, 15) is 9.59 Å². The van der Waals surface area contributed by atoms with E-state index in [2.05, 4.69) is 10.4 Å². The SMILES string of the molecule is Cc1nn(C)c(C)c1CC(C)NC(=O)CCCCC(=O)O. The molecule has 1 aromatic rings. The molecular formula is C15H25N3O3. The number of aryl methyl sites for hydroxylation is 2. The Morgan fingerprint density at radius 1 is 1.29 bits per heavy atom. The van der Waals surface area contributed by atoms with Crippen LogP contribution < -0.4 is 5.32 Å². The summed E-state index contributed by atoms with van der Waals surface area (Å²) in [6.45, 7) is 5.97. The summed E-state index contributed by atoms with van der Waals surface area (Å²) in [5.74, 6) is -0.835. The van der Waals surface area contributed by atoms with Gasteiger partial charge in [0.25, 0.3) is 0 Å². The predicted molar refractivity (Wildman–Crippen MR) is 80.1 cm³/mol. The van der Waals surface area contributed by atoms with Gasteiger partial charge in [-0.3, -0.25) is 14.3 Å². The number of amides is 1. The van der Waals surface area contributed by atoms with Gasteiger partial charge in [0, 0.05) is 31.6 Å². The molecule has 0 fully saturated rings. The minimum atomic E-state index is -0.814. The molecule has 0 aliphatic heterocycles. The van der Waals surface area contributed by atoms with E-state index in [0.717, 1.165) is 17.8 Å². The zero-order valence-electron chi connectivity index (χ0n) is 13.3. The Kier molecular flexibility index (Phi) is 6.39. The fourth-order valence-electron chi connectivity index (χ4n) is 2.38. The number of rotatable bonds is 8. The molecule has 0 spiro atoms. The molecule has 1 amide bonds. The molecule has 1 unspecified atom stereocenters. The third kappa shape index (κ3) is 5.57. The highest BCUT2D eigenvalue weighted by atomic mass is 16.4. The lowest BCUT2D eigenvalue weighted by Crippen LogP contribution is -2.34. The number of carboxylic acids is 1. The Morgan fingerprint density at radius 3 is 2.43 bits per heavy atom. The van der Waals surface area contributed by atoms with Crippen LogP contribution in [0, 0.1) is 13.8 Å². The van der Waals surface area contributed by atoms with Crippen LogP contribution >= 0.6 is 0 Å². The molecule has 1 rings (SSSR count). The topological polar surface area (TPSA) is 84.2 Å². The predicted octanol–water partition coefficient (Wildman–Crippen LogP) is 1.73. The highest BCUT2D eigenvalue weighted by molar-refractivity contribution is 5.76. The van der Waals surface area contributed by atoms with Crippen molar-refractivity contribution in [3.05, 3.63) is 17.0 Å². The van der Waals surface area contributed by atoms with E-state index in [1.165, 1.54) is 5.56 Å². The summed E-state index contributed by atoms with van der Waals surface area (Å²) in [5.41, 5.74) is 3.30. The van der Waals surface area contributed by atoms with Gasteiger partial charge in [-0.25, -0.2) is 0 Å². The van der Waals surface area contributed by atoms with Crippen LogP contribution in [-0.4, -0.2) is 32.8 Å². The summed E-state index contributed by atoms with van der Waals surface area (Å²) in [7, 11) is 1.91. The third-order valence-corrected chi connectivity index (χ3v) is 3.62. The molecule has 0 bridgehead atoms. The Bertz CT molecular complexity index is 509. The molecule has 0 aliphatic rings. The molecule has 1 heterocycles. The number of carboxylic acid groups (broad SMARTS) is 1. The van der Waals surface area contributed by atoms with E-state index in [4.69, 9.17) is 5.11 Å². The van der Waals surface area contributed by atoms with E-state index < -0.39 is 5.97 Å². The second-order valence-electron chi connectivity index (χ2n) is 5.55. The number of aliphatic carboxylic acids is 1. The average molecular weight is 295 g/mol. The molecule has 2 N–H and O–H groups in total. The first-order valence-corrected chi connectivity index (χ1v) is 7.31. The monoisotopic (exact) mass is 295 g/mol. The van der Waals surface area contributed by atoms with E-state index in [1.807, 2.05) is 32.5 Å². The Hall–Kier alpha value is -1.85. The molecule has 6 heteroatoms. The molecule has 21 heavy (non-hydrogen) atoms. The summed E-state index contributed by atoms with van der Waals surface area (Å²) in [4.78, 5) is 22.2. The van der Waals surface area contributed by atoms with Gasteiger partial charge in [-0.1, -0.05) is 0 Å². The first-order valence-electron chi connectivity index (χ1n) is 7.31. The number of hydrogen-bond acceptors (Lipinski definition) is 3. The molecule has 1 atom stereocenters. The van der Waals surface area contributed by atoms with Gasteiger partial charge < -0.3 is 10.4 Å². The summed E-state index contributed by atoms with van der Waals surface area (Å²) in [6.07, 6.45) is 2.40. The second kappa shape index (κ2) is 7.81. The van der Waals surface area contributed by atoms with Gasteiger partial charge in [-0.2, -0.15) is 5.10 Å². The zero-order valence-corrected chi connectivity index (χ0v) is 13.3. The quantitative estimate of drug-likeness (QED) is 0.715. The fourth-order valence-corrected chi connectivity index (χ4v) is 2.38. The lowest BCUT2D eigenvalue weighted by molar-refractivity contribution is -0.137. The number of carbonyl (C=O) groups excluding carboxylic acids is 1. The average Bonchev–Trinajstić information content (AvgIpc) is 2.61. The molecule has 1 aromatic heterocycles. The van der Waals surface area contributed by atoms with Crippen LogP contribution in [0.5, 0.6) is 0 Å². The van der Waals surface area contributed by atoms with Gasteiger partial charge >= 0.3 is 5.97 Å². The maximum atomic E-state index is 11.8. The second-order valence-corrected chi connectivity index (χ2v) is 5.55. The van der Waals surface area contributed by atoms with Crippen molar-refractivity contribution in [1.82, 2.24) is 15.1 Å². The van der Waals surface area contributed by atoms with Crippen molar-refractivity contribution in [2.75, 3.05) is 0 Å². The van der Waals surface area contributed by atoms with E-state index in [-0.39, 0.29) is 18.4 Å². The smallest absolute Gasteiger partial charge is 0.303 e. The lowest BCUT2D eigenvalue weighted by Gasteiger charge is -2.14. The van der Waals surface area contributed by atoms with E-state index in [1.54, 1.807) is 0 Å². The van der Waals surface area contributed by atoms with Crippen LogP contribution in [0.25, 0.3) is 0 Å². The number of nitrogens with zero attached hydrogens (tertiary/aromatic N) is 2. The highest BCUT2D eigenvalue weighted by Crippen LogP contribution is 2.14. The molecule has 0 radical (unpaired) electrons. The number of carbonyl (C=O) groups is 2. The number of hydrogen-bond donors (Lipinski definition) is 2. The first kappa shape index (κ1) is 17.2. The maximum absolute atomic E-state index is 11.8. The van der Waals surface area contributed by atoms with Gasteiger partial charge in [-0.15, -0.1) is 0 Å². The van der Waals surface area contributed by atoms with Crippen molar-refractivity contribution in [3.8, 4) is 0 Å². The standard InChI is InChI=1S/C15H25N3O3/c1-10(9-13-11(2)17-18(4)12(13)3)16-14(19)7-5-6-8-15(20)21/h10H,5-9H2,1-4H3,(H,16,19)(H,20,21). The molecule has 6 nitrogen and oxygen atoms in total. The summed E-state index contributed by atoms with van der Waals surface area (Å²) in [6, 6.07) is 0.0403. The maximum Gasteiger partial charge on any atom is 0.303 e. The summed E-state index contributed by atoms with van der Waals surface area (Å²) >= 11 is 0. The molecule has 0 saturated heterocycles. The van der Waals surface area contributed by atoms with Gasteiger partial charge in [0.1, 0.15) is 0 Å². The van der Waals surface area contributed by atoms with Gasteiger partial charge in [-0.05, 0) is 45.6 Å². The Labute approximate surface area is 125 Å². The van der Waals surface area contributed by atoms with Crippen LogP contribution in [0.1, 0.15) is 49.6 Å². The van der Waals surface area contributed by atoms with Crippen molar-refractivity contribution in [2.24, 2.45) is 7.05 Å². The lowest BCUT2D eigenvalue weighted by atomic mass is 10.0. The molecule has 0 aliphatic carbocycles. The molecule has 0 aromatic carbocycles. The minimum Gasteiger partial charge on any atom is -0.481 e. The van der Waals surface area contributed by atoms with Crippen molar-refractivity contribution in [2.45, 2.75) is 58.9 Å². The van der Waals surface area contributed by atoms with Crippen molar-refractivity contribution in [3.63, 3.8) is 0 Å². The first-order chi connectivity index (χ1) is 9.81. The number of nitrogens with one attached hydrogen (secondary N) is 1. The number of unbranched alkanes of at least 4 members (excludes halogenated alkanes) is 1. The zero-order chi connectivity index (χ0) is 16.0. The summed E-state index contributed by atoms with van der Waals surface area (Å²) < 4.78 is 1.85. The largest absolute Gasteiger partial charge is 0.481 e. The van der Waals surface area contributed by atoms with Crippen LogP contribution in [0.4, 0.5) is 0 Å². The molecular weight excluding hydrogens is 270 g/mol. The fraction of sp³-hybridized carbons (Fsp3) is 0.667. The van der Waals surface area contributed by atoms with Crippen LogP contribution in [0.2, 0.25) is 0 Å². The van der Waals surface area contributed by atoms with Gasteiger partial charge in [0.15, 0.2) is 0 Å². The Morgan fingerprint density at radius 2 is 1.90 bits per heavy atom. The van der Waals surface area contributed by atoms with Gasteiger partial charge in [0.05, 0.1) is 5.69 Å². The normalized spacial score (nSPS) is 12.2. The van der Waals surface area contributed by atoms with Crippen LogP contribution in [0.15, 0.2) is 0 Å². The number of aromatic nitrogens is 2. The van der Waals surface area contributed by atoms with Crippen molar-refractivity contribution >= 4 is 11.9 Å². The Balaban J connectivity index is 2.37. The van der Waals surface area contributed by atoms with Crippen LogP contribution in [0.3, 0.4) is 0 Å². The molecule has 0 saturated carbocycles. The highest BCUT2D eigenvalue weighted by Gasteiger charge is 2.14. The minimum absolute atomic E-state index is 0.0212. The van der Waals surface area contributed by atoms with Crippen LogP contribution in [-0.2, 0) is 23.1 Å². The van der Waals surface area contributed by atoms with Crippen molar-refractivity contribution < 1.29 is 14.7 Å². The third-order valence-electron chi connectivity index (χ3n) is 3.62.